The van der Waals surface area contributed by atoms with Gasteiger partial charge in [0.05, 0.1) is 4.92 Å². The molecule has 7 heteroatoms. The predicted molar refractivity (Wildman–Crippen MR) is 109 cm³/mol. The topological polar surface area (TPSA) is 79.2 Å². The number of nitro groups is 1. The maximum Gasteiger partial charge on any atom is 0.273 e. The van der Waals surface area contributed by atoms with Gasteiger partial charge in [-0.15, -0.1) is 0 Å². The Kier molecular flexibility index (Phi) is 5.05. The van der Waals surface area contributed by atoms with Crippen LogP contribution in [-0.2, 0) is 4.79 Å². The first-order chi connectivity index (χ1) is 13.5. The molecule has 6 nitrogen and oxygen atoms in total. The molecule has 1 aromatic heterocycles. The zero-order chi connectivity index (χ0) is 19.7. The fourth-order valence-corrected chi connectivity index (χ4v) is 4.18. The number of nitrogens with one attached hydrogen (secondary N) is 1. The molecule has 1 N–H and O–H groups in total. The number of rotatable bonds is 5. The van der Waals surface area contributed by atoms with E-state index in [0.29, 0.717) is 10.6 Å². The van der Waals surface area contributed by atoms with Crippen LogP contribution in [0.5, 0.6) is 0 Å². The van der Waals surface area contributed by atoms with Gasteiger partial charge >= 0.3 is 0 Å². The van der Waals surface area contributed by atoms with Crippen LogP contribution in [0.3, 0.4) is 0 Å². The summed E-state index contributed by atoms with van der Waals surface area (Å²) in [4.78, 5) is 29.2. The molecule has 0 bridgehead atoms. The summed E-state index contributed by atoms with van der Waals surface area (Å²) >= 11 is 6.19. The summed E-state index contributed by atoms with van der Waals surface area (Å²) in [6.07, 6.45) is 4.03. The summed E-state index contributed by atoms with van der Waals surface area (Å²) < 4.78 is 0. The molecule has 1 aliphatic rings. The third-order valence-electron chi connectivity index (χ3n) is 5.40. The summed E-state index contributed by atoms with van der Waals surface area (Å²) in [6, 6.07) is 12.2. The Morgan fingerprint density at radius 3 is 2.68 bits per heavy atom. The average Bonchev–Trinajstić information content (AvgIpc) is 3.36. The molecule has 0 radical (unpaired) electrons. The van der Waals surface area contributed by atoms with Crippen molar-refractivity contribution in [3.63, 3.8) is 0 Å². The smallest absolute Gasteiger partial charge is 0.273 e. The van der Waals surface area contributed by atoms with Gasteiger partial charge in [0.15, 0.2) is 0 Å². The lowest BCUT2D eigenvalue weighted by molar-refractivity contribution is -0.385. The molecule has 0 saturated carbocycles. The van der Waals surface area contributed by atoms with E-state index in [1.165, 1.54) is 6.07 Å². The fraction of sp³-hybridized carbons (Fsp3) is 0.286. The van der Waals surface area contributed by atoms with E-state index in [1.54, 1.807) is 24.3 Å². The van der Waals surface area contributed by atoms with Gasteiger partial charge in [-0.25, -0.2) is 0 Å². The fourth-order valence-electron chi connectivity index (χ4n) is 4.01. The van der Waals surface area contributed by atoms with Crippen molar-refractivity contribution < 1.29 is 9.72 Å². The van der Waals surface area contributed by atoms with Crippen LogP contribution in [-0.4, -0.2) is 33.8 Å². The van der Waals surface area contributed by atoms with E-state index >= 15 is 0 Å². The maximum atomic E-state index is 12.9. The number of carbonyl (C=O) groups excluding carboxylic acids is 1. The van der Waals surface area contributed by atoms with E-state index in [0.717, 1.165) is 42.4 Å². The van der Waals surface area contributed by atoms with Crippen molar-refractivity contribution in [1.29, 1.82) is 0 Å². The Morgan fingerprint density at radius 2 is 1.93 bits per heavy atom. The Labute approximate surface area is 167 Å². The van der Waals surface area contributed by atoms with Gasteiger partial charge in [-0.3, -0.25) is 14.9 Å². The summed E-state index contributed by atoms with van der Waals surface area (Å²) in [7, 11) is 0. The van der Waals surface area contributed by atoms with Gasteiger partial charge in [0.1, 0.15) is 0 Å². The molecule has 4 rings (SSSR count). The number of H-pyrrole nitrogens is 1. The molecule has 28 heavy (non-hydrogen) atoms. The Morgan fingerprint density at radius 1 is 1.18 bits per heavy atom. The van der Waals surface area contributed by atoms with Crippen molar-refractivity contribution >= 4 is 34.1 Å². The van der Waals surface area contributed by atoms with Crippen molar-refractivity contribution in [3.05, 3.63) is 74.9 Å². The highest BCUT2D eigenvalue weighted by Gasteiger charge is 2.30. The van der Waals surface area contributed by atoms with E-state index in [4.69, 9.17) is 11.6 Å². The second-order valence-corrected chi connectivity index (χ2v) is 7.53. The molecule has 2 heterocycles. The summed E-state index contributed by atoms with van der Waals surface area (Å²) in [5.74, 6) is -0.404. The molecule has 1 fully saturated rings. The second kappa shape index (κ2) is 7.64. The van der Waals surface area contributed by atoms with Crippen LogP contribution in [0.15, 0.2) is 48.7 Å². The predicted octanol–water partition coefficient (Wildman–Crippen LogP) is 4.87. The van der Waals surface area contributed by atoms with Gasteiger partial charge in [0.2, 0.25) is 5.91 Å². The van der Waals surface area contributed by atoms with Gasteiger partial charge < -0.3 is 9.88 Å². The zero-order valence-corrected chi connectivity index (χ0v) is 16.0. The number of hydrogen-bond acceptors (Lipinski definition) is 3. The molecule has 1 unspecified atom stereocenters. The molecule has 1 saturated heterocycles. The van der Waals surface area contributed by atoms with Gasteiger partial charge in [-0.2, -0.15) is 0 Å². The number of nitrogens with zero attached hydrogens (tertiary/aromatic N) is 2. The molecule has 144 valence electrons. The van der Waals surface area contributed by atoms with Gasteiger partial charge in [-0.05, 0) is 36.6 Å². The molecule has 0 aliphatic carbocycles. The first-order valence-corrected chi connectivity index (χ1v) is 9.70. The monoisotopic (exact) mass is 397 g/mol. The molecule has 1 atom stereocenters. The van der Waals surface area contributed by atoms with Crippen molar-refractivity contribution in [1.82, 2.24) is 9.88 Å². The number of halogens is 1. The number of aromatic nitrogens is 1. The van der Waals surface area contributed by atoms with E-state index in [9.17, 15) is 14.9 Å². The van der Waals surface area contributed by atoms with E-state index < -0.39 is 5.92 Å². The summed E-state index contributed by atoms with van der Waals surface area (Å²) in [5, 5.41) is 13.1. The number of amides is 1. The van der Waals surface area contributed by atoms with Crippen molar-refractivity contribution in [2.24, 2.45) is 0 Å². The average molecular weight is 398 g/mol. The van der Waals surface area contributed by atoms with Crippen LogP contribution in [0.2, 0.25) is 5.02 Å². The first kappa shape index (κ1) is 18.5. The largest absolute Gasteiger partial charge is 0.361 e. The zero-order valence-electron chi connectivity index (χ0n) is 15.2. The minimum Gasteiger partial charge on any atom is -0.361 e. The van der Waals surface area contributed by atoms with Gasteiger partial charge in [-0.1, -0.05) is 29.8 Å². The van der Waals surface area contributed by atoms with Crippen LogP contribution >= 0.6 is 11.6 Å². The third kappa shape index (κ3) is 3.47. The Bertz CT molecular complexity index is 1040. The molecule has 0 spiro atoms. The van der Waals surface area contributed by atoms with E-state index in [1.807, 2.05) is 23.2 Å². The normalized spacial score (nSPS) is 15.1. The molecular formula is C21H20ClN3O3. The number of benzene rings is 2. The van der Waals surface area contributed by atoms with E-state index in [-0.39, 0.29) is 22.9 Å². The highest BCUT2D eigenvalue weighted by molar-refractivity contribution is 6.31. The lowest BCUT2D eigenvalue weighted by atomic mass is 9.86. The minimum atomic E-state index is -0.429. The lowest BCUT2D eigenvalue weighted by Crippen LogP contribution is -2.29. The van der Waals surface area contributed by atoms with Crippen LogP contribution in [0.25, 0.3) is 10.9 Å². The van der Waals surface area contributed by atoms with Crippen LogP contribution < -0.4 is 0 Å². The quantitative estimate of drug-likeness (QED) is 0.492. The highest BCUT2D eigenvalue weighted by atomic mass is 35.5. The summed E-state index contributed by atoms with van der Waals surface area (Å²) in [5.41, 5.74) is 2.30. The maximum absolute atomic E-state index is 12.9. The minimum absolute atomic E-state index is 0.0250. The number of fused-ring (bicyclic) bond motifs is 1. The summed E-state index contributed by atoms with van der Waals surface area (Å²) in [6.45, 7) is 1.50. The lowest BCUT2D eigenvalue weighted by Gasteiger charge is -2.21. The third-order valence-corrected chi connectivity index (χ3v) is 5.63. The molecule has 1 amide bonds. The number of carbonyl (C=O) groups is 1. The number of aromatic amines is 1. The van der Waals surface area contributed by atoms with E-state index in [2.05, 4.69) is 4.98 Å². The standard InChI is InChI=1S/C21H20ClN3O3/c22-14-7-8-19-17(11-14)18(13-23-19)16(12-21(26)24-9-3-4-10-24)15-5-1-2-6-20(15)25(27)28/h1-2,5-8,11,13,16,23H,3-4,9-10,12H2. The molecule has 1 aliphatic heterocycles. The van der Waals surface area contributed by atoms with Gasteiger partial charge in [0, 0.05) is 59.2 Å². The number of nitro benzene ring substituents is 1. The van der Waals surface area contributed by atoms with Crippen LogP contribution in [0.1, 0.15) is 36.3 Å². The van der Waals surface area contributed by atoms with Crippen molar-refractivity contribution in [2.75, 3.05) is 13.1 Å². The van der Waals surface area contributed by atoms with Crippen molar-refractivity contribution in [3.8, 4) is 0 Å². The van der Waals surface area contributed by atoms with Gasteiger partial charge in [0.25, 0.3) is 5.69 Å². The van der Waals surface area contributed by atoms with Crippen molar-refractivity contribution in [2.45, 2.75) is 25.2 Å². The van der Waals surface area contributed by atoms with Crippen LogP contribution in [0.4, 0.5) is 5.69 Å². The Balaban J connectivity index is 1.82. The SMILES string of the molecule is O=C(CC(c1ccccc1[N+](=O)[O-])c1c[nH]c2ccc(Cl)cc12)N1CCCC1. The second-order valence-electron chi connectivity index (χ2n) is 7.09. The molecular weight excluding hydrogens is 378 g/mol. The highest BCUT2D eigenvalue weighted by Crippen LogP contribution is 2.38. The van der Waals surface area contributed by atoms with Crippen LogP contribution in [0, 0.1) is 10.1 Å². The number of para-hydroxylation sites is 1. The number of hydrogen-bond donors (Lipinski definition) is 1. The first-order valence-electron chi connectivity index (χ1n) is 9.32. The number of likely N-dealkylation sites (tertiary alicyclic amines) is 1. The Hall–Kier alpha value is -2.86. The molecule has 2 aromatic carbocycles. The molecule has 3 aromatic rings.